The number of cyclic esters (lactones) is 1. The van der Waals surface area contributed by atoms with Crippen molar-refractivity contribution in [2.45, 2.75) is 83.7 Å². The van der Waals surface area contributed by atoms with Crippen molar-refractivity contribution in [1.29, 1.82) is 0 Å². The van der Waals surface area contributed by atoms with E-state index in [0.717, 1.165) is 0 Å². The molecular weight excluding hydrogens is 344 g/mol. The fourth-order valence-corrected chi connectivity index (χ4v) is 5.17. The van der Waals surface area contributed by atoms with Gasteiger partial charge in [0.2, 0.25) is 0 Å². The number of rotatable bonds is 8. The molecule has 1 saturated heterocycles. The maximum absolute atomic E-state index is 12.1. The van der Waals surface area contributed by atoms with Crippen molar-refractivity contribution in [2.24, 2.45) is 0 Å². The molecule has 0 spiro atoms. The van der Waals surface area contributed by atoms with E-state index in [-0.39, 0.29) is 18.2 Å². The van der Waals surface area contributed by atoms with Gasteiger partial charge >= 0.3 is 5.97 Å². The van der Waals surface area contributed by atoms with Crippen molar-refractivity contribution in [1.82, 2.24) is 0 Å². The molecule has 136 valence electrons. The third-order valence-electron chi connectivity index (χ3n) is 3.07. The van der Waals surface area contributed by atoms with Crippen LogP contribution in [0.2, 0.25) is 58.9 Å². The number of esters is 1. The molecule has 0 unspecified atom stereocenters. The Bertz CT molecular complexity index is 409. The lowest BCUT2D eigenvalue weighted by Crippen LogP contribution is -2.44. The summed E-state index contributed by atoms with van der Waals surface area (Å²) in [6, 6.07) is 0. The van der Waals surface area contributed by atoms with Crippen LogP contribution in [0.5, 0.6) is 0 Å². The summed E-state index contributed by atoms with van der Waals surface area (Å²) in [5.74, 6) is -0.255. The van der Waals surface area contributed by atoms with Gasteiger partial charge < -0.3 is 18.0 Å². The SMILES string of the molecule is C[Si](C)(C)OC[C@@H](O[Si](C)(C)C)[C@@H]1C[C@@H](O[Si](C)(C)C)C(=O)O1. The second kappa shape index (κ2) is 7.49. The fraction of sp³-hybridized carbons (Fsp3) is 0.933. The molecule has 8 heteroatoms. The summed E-state index contributed by atoms with van der Waals surface area (Å²) in [6.45, 7) is 19.6. The topological polar surface area (TPSA) is 54.0 Å². The van der Waals surface area contributed by atoms with Gasteiger partial charge in [0.25, 0.3) is 0 Å². The highest BCUT2D eigenvalue weighted by Crippen LogP contribution is 2.27. The lowest BCUT2D eigenvalue weighted by atomic mass is 10.1. The van der Waals surface area contributed by atoms with Crippen molar-refractivity contribution >= 4 is 30.9 Å². The van der Waals surface area contributed by atoms with Gasteiger partial charge in [-0.15, -0.1) is 0 Å². The normalized spacial score (nSPS) is 24.7. The van der Waals surface area contributed by atoms with Crippen LogP contribution in [0.4, 0.5) is 0 Å². The first-order valence-corrected chi connectivity index (χ1v) is 18.6. The third-order valence-corrected chi connectivity index (χ3v) is 6.11. The Labute approximate surface area is 144 Å². The van der Waals surface area contributed by atoms with E-state index < -0.39 is 31.1 Å². The molecule has 0 aromatic heterocycles. The lowest BCUT2D eigenvalue weighted by molar-refractivity contribution is -0.150. The summed E-state index contributed by atoms with van der Waals surface area (Å²) < 4.78 is 23.8. The van der Waals surface area contributed by atoms with Crippen molar-refractivity contribution in [3.8, 4) is 0 Å². The smallest absolute Gasteiger partial charge is 0.334 e. The molecule has 1 fully saturated rings. The summed E-state index contributed by atoms with van der Waals surface area (Å²) in [7, 11) is -5.19. The molecule has 23 heavy (non-hydrogen) atoms. The molecule has 5 nitrogen and oxygen atoms in total. The molecule has 1 heterocycles. The zero-order chi connectivity index (χ0) is 18.1. The van der Waals surface area contributed by atoms with Gasteiger partial charge in [-0.2, -0.15) is 0 Å². The number of carbonyl (C=O) groups excluding carboxylic acids is 1. The van der Waals surface area contributed by atoms with Crippen LogP contribution in [0, 0.1) is 0 Å². The zero-order valence-electron chi connectivity index (χ0n) is 16.2. The number of carbonyl (C=O) groups is 1. The molecule has 0 aromatic carbocycles. The molecule has 0 aliphatic carbocycles. The van der Waals surface area contributed by atoms with E-state index in [1.54, 1.807) is 0 Å². The molecule has 0 saturated carbocycles. The van der Waals surface area contributed by atoms with Gasteiger partial charge in [0.15, 0.2) is 25.0 Å². The van der Waals surface area contributed by atoms with Crippen molar-refractivity contribution < 1.29 is 22.8 Å². The lowest BCUT2D eigenvalue weighted by Gasteiger charge is -2.31. The Hall–Kier alpha value is 0.000649. The highest BCUT2D eigenvalue weighted by molar-refractivity contribution is 6.70. The molecule has 0 radical (unpaired) electrons. The quantitative estimate of drug-likeness (QED) is 0.477. The van der Waals surface area contributed by atoms with Gasteiger partial charge in [0, 0.05) is 6.42 Å². The van der Waals surface area contributed by atoms with E-state index in [4.69, 9.17) is 18.0 Å². The molecule has 1 aliphatic heterocycles. The zero-order valence-corrected chi connectivity index (χ0v) is 19.2. The first kappa shape index (κ1) is 21.0. The van der Waals surface area contributed by atoms with Gasteiger partial charge in [-0.3, -0.25) is 0 Å². The highest BCUT2D eigenvalue weighted by atomic mass is 28.4. The second-order valence-corrected chi connectivity index (χ2v) is 22.6. The van der Waals surface area contributed by atoms with E-state index >= 15 is 0 Å². The first-order valence-electron chi connectivity index (χ1n) is 8.36. The second-order valence-electron chi connectivity index (χ2n) is 9.12. The minimum absolute atomic E-state index is 0.201. The fourth-order valence-electron chi connectivity index (χ4n) is 2.33. The summed E-state index contributed by atoms with van der Waals surface area (Å²) in [6.07, 6.45) is -0.362. The van der Waals surface area contributed by atoms with Gasteiger partial charge in [0.1, 0.15) is 18.3 Å². The summed E-state index contributed by atoms with van der Waals surface area (Å²) in [5, 5.41) is 0. The van der Waals surface area contributed by atoms with E-state index in [0.29, 0.717) is 13.0 Å². The van der Waals surface area contributed by atoms with Crippen molar-refractivity contribution in [2.75, 3.05) is 6.61 Å². The van der Waals surface area contributed by atoms with Crippen LogP contribution in [0.3, 0.4) is 0 Å². The Morgan fingerprint density at radius 3 is 2.00 bits per heavy atom. The number of hydrogen-bond donors (Lipinski definition) is 0. The van der Waals surface area contributed by atoms with Crippen LogP contribution in [0.15, 0.2) is 0 Å². The molecule has 1 rings (SSSR count). The van der Waals surface area contributed by atoms with Crippen LogP contribution in [-0.4, -0.2) is 55.8 Å². The van der Waals surface area contributed by atoms with Crippen LogP contribution in [0.25, 0.3) is 0 Å². The summed E-state index contributed by atoms with van der Waals surface area (Å²) in [4.78, 5) is 12.1. The predicted molar refractivity (Wildman–Crippen MR) is 100 cm³/mol. The molecule has 0 amide bonds. The largest absolute Gasteiger partial charge is 0.458 e. The van der Waals surface area contributed by atoms with E-state index in [9.17, 15) is 4.79 Å². The average Bonchev–Trinajstić information content (AvgIpc) is 2.61. The van der Waals surface area contributed by atoms with Crippen LogP contribution >= 0.6 is 0 Å². The Kier molecular flexibility index (Phi) is 6.85. The standard InChI is InChI=1S/C15H34O5Si3/c1-21(2,3)17-11-14(20-23(7,8)9)12-10-13(15(16)18-12)19-22(4,5)6/h12-14H,10-11H2,1-9H3/t12-,13+,14+/m0/s1. The average molecular weight is 379 g/mol. The molecule has 1 aliphatic rings. The van der Waals surface area contributed by atoms with Gasteiger partial charge in [-0.05, 0) is 58.9 Å². The van der Waals surface area contributed by atoms with Crippen molar-refractivity contribution in [3.63, 3.8) is 0 Å². The molecular formula is C15H34O5Si3. The van der Waals surface area contributed by atoms with Gasteiger partial charge in [0.05, 0.1) is 6.61 Å². The third kappa shape index (κ3) is 8.59. The molecule has 0 N–H and O–H groups in total. The summed E-state index contributed by atoms with van der Waals surface area (Å²) >= 11 is 0. The van der Waals surface area contributed by atoms with E-state index in [2.05, 4.69) is 58.9 Å². The monoisotopic (exact) mass is 378 g/mol. The van der Waals surface area contributed by atoms with Crippen LogP contribution in [-0.2, 0) is 22.8 Å². The Balaban J connectivity index is 2.76. The van der Waals surface area contributed by atoms with Crippen molar-refractivity contribution in [3.05, 3.63) is 0 Å². The minimum Gasteiger partial charge on any atom is -0.458 e. The molecule has 3 atom stereocenters. The number of hydrogen-bond acceptors (Lipinski definition) is 5. The van der Waals surface area contributed by atoms with E-state index in [1.165, 1.54) is 0 Å². The Morgan fingerprint density at radius 1 is 1.00 bits per heavy atom. The van der Waals surface area contributed by atoms with Crippen LogP contribution in [0.1, 0.15) is 6.42 Å². The minimum atomic E-state index is -1.78. The van der Waals surface area contributed by atoms with Crippen LogP contribution < -0.4 is 0 Å². The van der Waals surface area contributed by atoms with Gasteiger partial charge in [-0.1, -0.05) is 0 Å². The van der Waals surface area contributed by atoms with Gasteiger partial charge in [-0.25, -0.2) is 4.79 Å². The molecule has 0 aromatic rings. The maximum Gasteiger partial charge on any atom is 0.334 e. The Morgan fingerprint density at radius 2 is 1.57 bits per heavy atom. The number of ether oxygens (including phenoxy) is 1. The molecule has 0 bridgehead atoms. The van der Waals surface area contributed by atoms with E-state index in [1.807, 2.05) is 0 Å². The summed E-state index contributed by atoms with van der Waals surface area (Å²) in [5.41, 5.74) is 0. The first-order chi connectivity index (χ1) is 10.2. The predicted octanol–water partition coefficient (Wildman–Crippen LogP) is 3.59. The maximum atomic E-state index is 12.1. The highest BCUT2D eigenvalue weighted by Gasteiger charge is 2.43.